The molecule has 1 rings (SSSR count). The fourth-order valence-electron chi connectivity index (χ4n) is 2.58. The van der Waals surface area contributed by atoms with E-state index in [0.717, 1.165) is 26.2 Å². The van der Waals surface area contributed by atoms with Crippen LogP contribution in [-0.2, 0) is 4.74 Å². The summed E-state index contributed by atoms with van der Waals surface area (Å²) >= 11 is 0. The molecular weight excluding hydrogens is 212 g/mol. The second kappa shape index (κ2) is 8.06. The van der Waals surface area contributed by atoms with Crippen LogP contribution in [0.15, 0.2) is 0 Å². The molecule has 0 bridgehead atoms. The first-order chi connectivity index (χ1) is 8.19. The molecule has 0 radical (unpaired) electrons. The molecule has 0 spiro atoms. The van der Waals surface area contributed by atoms with Crippen molar-refractivity contribution < 1.29 is 4.74 Å². The zero-order valence-corrected chi connectivity index (χ0v) is 12.0. The molecule has 2 atom stereocenters. The van der Waals surface area contributed by atoms with E-state index in [1.54, 1.807) is 0 Å². The van der Waals surface area contributed by atoms with E-state index in [4.69, 9.17) is 4.74 Å². The van der Waals surface area contributed by atoms with Gasteiger partial charge in [0.25, 0.3) is 0 Å². The summed E-state index contributed by atoms with van der Waals surface area (Å²) in [6.45, 7) is 14.4. The van der Waals surface area contributed by atoms with Gasteiger partial charge in [0.05, 0.1) is 12.7 Å². The molecule has 1 aliphatic rings. The highest BCUT2D eigenvalue weighted by Crippen LogP contribution is 2.15. The van der Waals surface area contributed by atoms with Crippen molar-refractivity contribution >= 4 is 0 Å². The van der Waals surface area contributed by atoms with Crippen LogP contribution in [0.25, 0.3) is 0 Å². The van der Waals surface area contributed by atoms with Gasteiger partial charge in [0.1, 0.15) is 0 Å². The van der Waals surface area contributed by atoms with Gasteiger partial charge in [-0.15, -0.1) is 0 Å². The maximum absolute atomic E-state index is 5.97. The van der Waals surface area contributed by atoms with E-state index in [1.165, 1.54) is 19.4 Å². The van der Waals surface area contributed by atoms with E-state index < -0.39 is 0 Å². The highest BCUT2D eigenvalue weighted by atomic mass is 16.5. The third-order valence-electron chi connectivity index (χ3n) is 3.47. The molecule has 0 aliphatic carbocycles. The maximum atomic E-state index is 5.97. The summed E-state index contributed by atoms with van der Waals surface area (Å²) in [7, 11) is 0. The molecule has 102 valence electrons. The van der Waals surface area contributed by atoms with E-state index in [0.29, 0.717) is 18.1 Å². The van der Waals surface area contributed by atoms with Crippen LogP contribution in [0.5, 0.6) is 0 Å². The van der Waals surface area contributed by atoms with Crippen LogP contribution in [0.4, 0.5) is 0 Å². The number of hydrogen-bond acceptors (Lipinski definition) is 3. The van der Waals surface area contributed by atoms with Crippen molar-refractivity contribution in [3.05, 3.63) is 0 Å². The molecule has 1 heterocycles. The minimum atomic E-state index is 0.363. The summed E-state index contributed by atoms with van der Waals surface area (Å²) in [6, 6.07) is 0.495. The fourth-order valence-corrected chi connectivity index (χ4v) is 2.58. The van der Waals surface area contributed by atoms with Gasteiger partial charge >= 0.3 is 0 Å². The molecule has 1 fully saturated rings. The second-order valence-electron chi connectivity index (χ2n) is 5.43. The highest BCUT2D eigenvalue weighted by Gasteiger charge is 2.29. The molecule has 3 heteroatoms. The van der Waals surface area contributed by atoms with Crippen LogP contribution in [0, 0.1) is 5.92 Å². The summed E-state index contributed by atoms with van der Waals surface area (Å²) < 4.78 is 5.97. The smallest absolute Gasteiger partial charge is 0.0857 e. The minimum Gasteiger partial charge on any atom is -0.374 e. The quantitative estimate of drug-likeness (QED) is 0.740. The first kappa shape index (κ1) is 14.9. The molecule has 2 unspecified atom stereocenters. The number of rotatable bonds is 7. The van der Waals surface area contributed by atoms with Crippen molar-refractivity contribution in [2.75, 3.05) is 32.8 Å². The molecule has 1 saturated heterocycles. The Balaban J connectivity index is 2.48. The molecular formula is C14H30N2O. The fraction of sp³-hybridized carbons (Fsp3) is 1.00. The van der Waals surface area contributed by atoms with E-state index in [9.17, 15) is 0 Å². The van der Waals surface area contributed by atoms with Gasteiger partial charge in [-0.05, 0) is 31.8 Å². The predicted octanol–water partition coefficient (Wildman–Crippen LogP) is 2.12. The van der Waals surface area contributed by atoms with Crippen LogP contribution < -0.4 is 5.32 Å². The summed E-state index contributed by atoms with van der Waals surface area (Å²) in [4.78, 5) is 2.54. The van der Waals surface area contributed by atoms with Gasteiger partial charge in [-0.3, -0.25) is 4.90 Å². The lowest BCUT2D eigenvalue weighted by atomic mass is 9.97. The van der Waals surface area contributed by atoms with Crippen LogP contribution in [-0.4, -0.2) is 49.8 Å². The first-order valence-corrected chi connectivity index (χ1v) is 7.26. The average molecular weight is 242 g/mol. The van der Waals surface area contributed by atoms with Crippen LogP contribution in [0.1, 0.15) is 40.5 Å². The first-order valence-electron chi connectivity index (χ1n) is 7.26. The molecule has 0 amide bonds. The Bertz CT molecular complexity index is 195. The van der Waals surface area contributed by atoms with E-state index in [1.807, 2.05) is 0 Å². The predicted molar refractivity (Wildman–Crippen MR) is 73.4 cm³/mol. The van der Waals surface area contributed by atoms with Gasteiger partial charge < -0.3 is 10.1 Å². The van der Waals surface area contributed by atoms with Gasteiger partial charge in [0, 0.05) is 19.1 Å². The standard InChI is InChI=1S/C14H30N2O/c1-5-7-15-14(12(3)4)13-11-16(8-6-2)9-10-17-13/h12-15H,5-11H2,1-4H3. The number of nitrogens with zero attached hydrogens (tertiary/aromatic N) is 1. The highest BCUT2D eigenvalue weighted by molar-refractivity contribution is 4.85. The number of morpholine rings is 1. The van der Waals surface area contributed by atoms with Crippen molar-refractivity contribution in [1.29, 1.82) is 0 Å². The van der Waals surface area contributed by atoms with Gasteiger partial charge in [0.15, 0.2) is 0 Å². The van der Waals surface area contributed by atoms with Gasteiger partial charge in [0.2, 0.25) is 0 Å². The molecule has 0 aromatic carbocycles. The van der Waals surface area contributed by atoms with Gasteiger partial charge in [-0.1, -0.05) is 27.7 Å². The Labute approximate surface area is 107 Å². The van der Waals surface area contributed by atoms with Crippen molar-refractivity contribution in [2.45, 2.75) is 52.7 Å². The average Bonchev–Trinajstić information content (AvgIpc) is 2.30. The van der Waals surface area contributed by atoms with Gasteiger partial charge in [-0.25, -0.2) is 0 Å². The van der Waals surface area contributed by atoms with E-state index in [2.05, 4.69) is 37.9 Å². The lowest BCUT2D eigenvalue weighted by Crippen LogP contribution is -2.54. The summed E-state index contributed by atoms with van der Waals surface area (Å²) in [5, 5.41) is 3.65. The summed E-state index contributed by atoms with van der Waals surface area (Å²) in [6.07, 6.45) is 2.79. The van der Waals surface area contributed by atoms with Gasteiger partial charge in [-0.2, -0.15) is 0 Å². The van der Waals surface area contributed by atoms with Crippen LogP contribution >= 0.6 is 0 Å². The molecule has 3 nitrogen and oxygen atoms in total. The summed E-state index contributed by atoms with van der Waals surface area (Å²) in [5.74, 6) is 0.633. The van der Waals surface area contributed by atoms with Crippen molar-refractivity contribution in [2.24, 2.45) is 5.92 Å². The monoisotopic (exact) mass is 242 g/mol. The van der Waals surface area contributed by atoms with E-state index >= 15 is 0 Å². The lowest BCUT2D eigenvalue weighted by molar-refractivity contribution is -0.0538. The third-order valence-corrected chi connectivity index (χ3v) is 3.47. The minimum absolute atomic E-state index is 0.363. The molecule has 0 saturated carbocycles. The molecule has 1 aliphatic heterocycles. The van der Waals surface area contributed by atoms with Crippen LogP contribution in [0.3, 0.4) is 0 Å². The molecule has 17 heavy (non-hydrogen) atoms. The topological polar surface area (TPSA) is 24.5 Å². The summed E-state index contributed by atoms with van der Waals surface area (Å²) in [5.41, 5.74) is 0. The Kier molecular flexibility index (Phi) is 7.09. The Morgan fingerprint density at radius 2 is 2.06 bits per heavy atom. The van der Waals surface area contributed by atoms with Crippen molar-refractivity contribution in [3.8, 4) is 0 Å². The Hall–Kier alpha value is -0.120. The second-order valence-corrected chi connectivity index (χ2v) is 5.43. The lowest BCUT2D eigenvalue weighted by Gasteiger charge is -2.39. The number of hydrogen-bond donors (Lipinski definition) is 1. The zero-order chi connectivity index (χ0) is 12.7. The van der Waals surface area contributed by atoms with E-state index in [-0.39, 0.29) is 0 Å². The molecule has 0 aromatic heterocycles. The maximum Gasteiger partial charge on any atom is 0.0857 e. The van der Waals surface area contributed by atoms with Crippen molar-refractivity contribution in [3.63, 3.8) is 0 Å². The third kappa shape index (κ3) is 4.94. The molecule has 1 N–H and O–H groups in total. The SMILES string of the molecule is CCCNC(C(C)C)C1CN(CCC)CCO1. The van der Waals surface area contributed by atoms with Crippen LogP contribution in [0.2, 0.25) is 0 Å². The molecule has 0 aromatic rings. The normalized spacial score (nSPS) is 24.2. The Morgan fingerprint density at radius 3 is 2.65 bits per heavy atom. The zero-order valence-electron chi connectivity index (χ0n) is 12.0. The Morgan fingerprint density at radius 1 is 1.29 bits per heavy atom. The largest absolute Gasteiger partial charge is 0.374 e. The number of ether oxygens (including phenoxy) is 1. The number of nitrogens with one attached hydrogen (secondary N) is 1. The van der Waals surface area contributed by atoms with Crippen molar-refractivity contribution in [1.82, 2.24) is 10.2 Å².